The van der Waals surface area contributed by atoms with E-state index < -0.39 is 6.10 Å². The molecule has 6 heteroatoms. The molecule has 0 spiro atoms. The number of thiazole rings is 1. The zero-order valence-electron chi connectivity index (χ0n) is 13.8. The highest BCUT2D eigenvalue weighted by atomic mass is 32.1. The van der Waals surface area contributed by atoms with Crippen LogP contribution in [0, 0.1) is 0 Å². The van der Waals surface area contributed by atoms with Crippen LogP contribution in [0.4, 0.5) is 5.13 Å². The van der Waals surface area contributed by atoms with Crippen molar-refractivity contribution in [1.29, 1.82) is 0 Å². The molecule has 24 heavy (non-hydrogen) atoms. The minimum absolute atomic E-state index is 0.172. The number of hydrogen-bond donors (Lipinski definition) is 2. The molecule has 1 atom stereocenters. The molecule has 5 nitrogen and oxygen atoms in total. The van der Waals surface area contributed by atoms with Gasteiger partial charge < -0.3 is 10.1 Å². The average molecular weight is 345 g/mol. The third-order valence-corrected chi connectivity index (χ3v) is 5.24. The first-order valence-corrected chi connectivity index (χ1v) is 9.23. The summed E-state index contributed by atoms with van der Waals surface area (Å²) in [5.41, 5.74) is 0.854. The summed E-state index contributed by atoms with van der Waals surface area (Å²) in [5.74, 6) is 0.375. The normalized spacial score (nSPS) is 16.7. The topological polar surface area (TPSA) is 63.2 Å². The summed E-state index contributed by atoms with van der Waals surface area (Å²) in [6.07, 6.45) is 3.54. The molecule has 2 aromatic rings. The molecule has 0 radical (unpaired) electrons. The van der Waals surface area contributed by atoms with Gasteiger partial charge in [-0.3, -0.25) is 10.1 Å². The Labute approximate surface area is 146 Å². The van der Waals surface area contributed by atoms with E-state index in [9.17, 15) is 4.79 Å². The number of piperidine rings is 1. The molecule has 1 aliphatic heterocycles. The van der Waals surface area contributed by atoms with Gasteiger partial charge in [0.05, 0.1) is 0 Å². The van der Waals surface area contributed by atoms with Crippen LogP contribution < -0.4 is 10.6 Å². The summed E-state index contributed by atoms with van der Waals surface area (Å²) >= 11 is 1.57. The number of carbonyl (C=O) groups excluding carboxylic acids is 1. The lowest BCUT2D eigenvalue weighted by Crippen LogP contribution is -2.26. The highest BCUT2D eigenvalue weighted by Gasteiger charge is 2.23. The van der Waals surface area contributed by atoms with Gasteiger partial charge >= 0.3 is 0 Å². The predicted octanol–water partition coefficient (Wildman–Crippen LogP) is 3.33. The van der Waals surface area contributed by atoms with Crippen molar-refractivity contribution in [2.75, 3.05) is 25.0 Å². The molecule has 0 aliphatic carbocycles. The molecular weight excluding hydrogens is 322 g/mol. The van der Waals surface area contributed by atoms with Crippen LogP contribution in [-0.4, -0.2) is 30.6 Å². The molecule has 1 saturated heterocycles. The van der Waals surface area contributed by atoms with Gasteiger partial charge in [-0.2, -0.15) is 0 Å². The van der Waals surface area contributed by atoms with Crippen molar-refractivity contribution < 1.29 is 9.53 Å². The first-order chi connectivity index (χ1) is 11.8. The fourth-order valence-corrected chi connectivity index (χ4v) is 3.92. The second kappa shape index (κ2) is 8.37. The molecule has 3 rings (SSSR count). The summed E-state index contributed by atoms with van der Waals surface area (Å²) in [6.45, 7) is 4.46. The molecule has 0 bridgehead atoms. The van der Waals surface area contributed by atoms with Crippen LogP contribution >= 0.6 is 11.3 Å². The van der Waals surface area contributed by atoms with Crippen LogP contribution in [0.2, 0.25) is 0 Å². The molecule has 1 aliphatic rings. The maximum absolute atomic E-state index is 12.6. The quantitative estimate of drug-likeness (QED) is 0.843. The molecule has 1 amide bonds. The Morgan fingerprint density at radius 1 is 1.38 bits per heavy atom. The van der Waals surface area contributed by atoms with Crippen LogP contribution in [0.5, 0.6) is 0 Å². The Hall–Kier alpha value is -1.76. The molecule has 1 unspecified atom stereocenters. The Morgan fingerprint density at radius 3 is 2.83 bits per heavy atom. The van der Waals surface area contributed by atoms with Gasteiger partial charge in [0, 0.05) is 17.7 Å². The number of amides is 1. The fraction of sp³-hybridized carbons (Fsp3) is 0.444. The van der Waals surface area contributed by atoms with Crippen molar-refractivity contribution in [3.05, 3.63) is 47.0 Å². The van der Waals surface area contributed by atoms with Gasteiger partial charge in [-0.1, -0.05) is 30.3 Å². The Balaban J connectivity index is 1.67. The van der Waals surface area contributed by atoms with Gasteiger partial charge in [-0.05, 0) is 44.3 Å². The number of ether oxygens (including phenoxy) is 1. The highest BCUT2D eigenvalue weighted by Crippen LogP contribution is 2.32. The number of anilines is 1. The van der Waals surface area contributed by atoms with Crippen LogP contribution in [0.15, 0.2) is 36.5 Å². The van der Waals surface area contributed by atoms with Gasteiger partial charge in [0.15, 0.2) is 11.2 Å². The van der Waals surface area contributed by atoms with Crippen LogP contribution in [-0.2, 0) is 9.53 Å². The number of rotatable bonds is 6. The largest absolute Gasteiger partial charge is 0.364 e. The molecular formula is C18H23N3O2S. The summed E-state index contributed by atoms with van der Waals surface area (Å²) in [6, 6.07) is 9.56. The number of benzene rings is 1. The van der Waals surface area contributed by atoms with Crippen molar-refractivity contribution in [2.45, 2.75) is 31.8 Å². The van der Waals surface area contributed by atoms with E-state index in [1.165, 1.54) is 4.88 Å². The predicted molar refractivity (Wildman–Crippen MR) is 96.4 cm³/mol. The maximum Gasteiger partial charge on any atom is 0.259 e. The molecule has 0 saturated carbocycles. The Bertz CT molecular complexity index is 653. The number of nitrogens with zero attached hydrogens (tertiary/aromatic N) is 1. The average Bonchev–Trinajstić information content (AvgIpc) is 3.09. The summed E-state index contributed by atoms with van der Waals surface area (Å²) in [7, 11) is 0. The van der Waals surface area contributed by atoms with Crippen molar-refractivity contribution in [3.63, 3.8) is 0 Å². The van der Waals surface area contributed by atoms with Crippen molar-refractivity contribution in [2.24, 2.45) is 0 Å². The zero-order valence-corrected chi connectivity index (χ0v) is 14.6. The lowest BCUT2D eigenvalue weighted by molar-refractivity contribution is -0.127. The summed E-state index contributed by atoms with van der Waals surface area (Å²) < 4.78 is 5.64. The lowest BCUT2D eigenvalue weighted by atomic mass is 9.97. The SMILES string of the molecule is CCOC(C(=O)Nc1ncc(C2CCNCC2)s1)c1ccccc1. The van der Waals surface area contributed by atoms with Crippen LogP contribution in [0.1, 0.15) is 42.2 Å². The summed E-state index contributed by atoms with van der Waals surface area (Å²) in [5, 5.41) is 6.93. The highest BCUT2D eigenvalue weighted by molar-refractivity contribution is 7.15. The van der Waals surface area contributed by atoms with Gasteiger partial charge in [0.25, 0.3) is 5.91 Å². The zero-order chi connectivity index (χ0) is 16.8. The van der Waals surface area contributed by atoms with Crippen molar-refractivity contribution in [1.82, 2.24) is 10.3 Å². The first kappa shape index (κ1) is 17.1. The van der Waals surface area contributed by atoms with E-state index >= 15 is 0 Å². The van der Waals surface area contributed by atoms with Crippen molar-refractivity contribution in [3.8, 4) is 0 Å². The summed E-state index contributed by atoms with van der Waals surface area (Å²) in [4.78, 5) is 18.2. The van der Waals surface area contributed by atoms with E-state index in [4.69, 9.17) is 4.74 Å². The molecule has 1 aromatic heterocycles. The van der Waals surface area contributed by atoms with E-state index in [0.717, 1.165) is 31.5 Å². The fourth-order valence-electron chi connectivity index (χ4n) is 2.93. The van der Waals surface area contributed by atoms with E-state index in [2.05, 4.69) is 15.6 Å². The number of aromatic nitrogens is 1. The number of nitrogens with one attached hydrogen (secondary N) is 2. The molecule has 2 heterocycles. The van der Waals surface area contributed by atoms with Gasteiger partial charge in [-0.15, -0.1) is 11.3 Å². The second-order valence-electron chi connectivity index (χ2n) is 5.83. The third kappa shape index (κ3) is 4.20. The van der Waals surface area contributed by atoms with E-state index in [1.54, 1.807) is 11.3 Å². The third-order valence-electron chi connectivity index (χ3n) is 4.17. The van der Waals surface area contributed by atoms with Gasteiger partial charge in [0.1, 0.15) is 0 Å². The van der Waals surface area contributed by atoms with E-state index in [0.29, 0.717) is 17.7 Å². The van der Waals surface area contributed by atoms with E-state index in [1.807, 2.05) is 43.5 Å². The monoisotopic (exact) mass is 345 g/mol. The Kier molecular flexibility index (Phi) is 5.96. The van der Waals surface area contributed by atoms with Gasteiger partial charge in [-0.25, -0.2) is 4.98 Å². The van der Waals surface area contributed by atoms with Gasteiger partial charge in [0.2, 0.25) is 0 Å². The minimum Gasteiger partial charge on any atom is -0.364 e. The number of carbonyl (C=O) groups is 1. The standard InChI is InChI=1S/C18H23N3O2S/c1-2-23-16(14-6-4-3-5-7-14)17(22)21-18-20-12-15(24-18)13-8-10-19-11-9-13/h3-7,12-13,16,19H,2,8-11H2,1H3,(H,20,21,22). The first-order valence-electron chi connectivity index (χ1n) is 8.41. The van der Waals surface area contributed by atoms with Crippen LogP contribution in [0.3, 0.4) is 0 Å². The molecule has 2 N–H and O–H groups in total. The minimum atomic E-state index is -0.609. The maximum atomic E-state index is 12.6. The molecule has 1 aromatic carbocycles. The molecule has 1 fully saturated rings. The van der Waals surface area contributed by atoms with Crippen LogP contribution in [0.25, 0.3) is 0 Å². The van der Waals surface area contributed by atoms with Crippen molar-refractivity contribution >= 4 is 22.4 Å². The second-order valence-corrected chi connectivity index (χ2v) is 6.89. The lowest BCUT2D eigenvalue weighted by Gasteiger charge is -2.20. The molecule has 128 valence electrons. The smallest absolute Gasteiger partial charge is 0.259 e. The Morgan fingerprint density at radius 2 is 2.12 bits per heavy atom. The number of hydrogen-bond acceptors (Lipinski definition) is 5. The van der Waals surface area contributed by atoms with E-state index in [-0.39, 0.29) is 5.91 Å².